The van der Waals surface area contributed by atoms with Crippen LogP contribution < -0.4 is 4.90 Å². The van der Waals surface area contributed by atoms with Crippen molar-refractivity contribution in [3.63, 3.8) is 0 Å². The van der Waals surface area contributed by atoms with Crippen LogP contribution in [-0.2, 0) is 6.61 Å². The molecule has 0 radical (unpaired) electrons. The highest BCUT2D eigenvalue weighted by atomic mass is 32.1. The fourth-order valence-corrected chi connectivity index (χ4v) is 2.32. The zero-order valence-corrected chi connectivity index (χ0v) is 10.7. The second-order valence-corrected chi connectivity index (χ2v) is 5.50. The van der Waals surface area contributed by atoms with E-state index < -0.39 is 0 Å². The molecule has 0 saturated heterocycles. The Kier molecular flexibility index (Phi) is 4.54. The zero-order chi connectivity index (χ0) is 11.4. The molecule has 4 heteroatoms. The van der Waals surface area contributed by atoms with Gasteiger partial charge in [-0.05, 0) is 19.8 Å². The van der Waals surface area contributed by atoms with E-state index in [1.807, 2.05) is 0 Å². The highest BCUT2D eigenvalue weighted by Crippen LogP contribution is 2.25. The number of hydrogen-bond acceptors (Lipinski definition) is 4. The van der Waals surface area contributed by atoms with E-state index in [2.05, 4.69) is 37.6 Å². The lowest BCUT2D eigenvalue weighted by Crippen LogP contribution is -2.33. The maximum Gasteiger partial charge on any atom is 0.185 e. The molecule has 0 spiro atoms. The molecule has 0 aliphatic rings. The van der Waals surface area contributed by atoms with Gasteiger partial charge in [0, 0.05) is 18.8 Å². The molecule has 1 heterocycles. The van der Waals surface area contributed by atoms with Gasteiger partial charge in [-0.2, -0.15) is 0 Å². The van der Waals surface area contributed by atoms with E-state index in [-0.39, 0.29) is 6.61 Å². The summed E-state index contributed by atoms with van der Waals surface area (Å²) < 4.78 is 0. The fraction of sp³-hybridized carbons (Fsp3) is 0.727. The maximum atomic E-state index is 9.01. The molecule has 0 aliphatic carbocycles. The van der Waals surface area contributed by atoms with Gasteiger partial charge in [0.05, 0.1) is 11.5 Å². The van der Waals surface area contributed by atoms with E-state index in [9.17, 15) is 0 Å². The summed E-state index contributed by atoms with van der Waals surface area (Å²) in [5, 5.41) is 10.0. The quantitative estimate of drug-likeness (QED) is 0.841. The number of aliphatic hydroxyl groups excluding tert-OH is 1. The summed E-state index contributed by atoms with van der Waals surface area (Å²) >= 11 is 1.58. The molecule has 0 bridgehead atoms. The smallest absolute Gasteiger partial charge is 0.185 e. The Balaban J connectivity index is 2.79. The van der Waals surface area contributed by atoms with Crippen molar-refractivity contribution in [2.75, 3.05) is 11.4 Å². The lowest BCUT2D eigenvalue weighted by molar-refractivity contribution is 0.285. The van der Waals surface area contributed by atoms with Gasteiger partial charge in [-0.15, -0.1) is 0 Å². The number of aromatic nitrogens is 1. The normalized spacial score (nSPS) is 11.4. The van der Waals surface area contributed by atoms with Crippen molar-refractivity contribution in [1.29, 1.82) is 0 Å². The molecule has 0 fully saturated rings. The average Bonchev–Trinajstić information content (AvgIpc) is 2.61. The van der Waals surface area contributed by atoms with Crippen LogP contribution in [0, 0.1) is 5.92 Å². The SMILES string of the molecule is CC(C)CN(c1ncc(CO)s1)C(C)C. The molecule has 0 aliphatic heterocycles. The molecule has 0 aromatic carbocycles. The van der Waals surface area contributed by atoms with Crippen LogP contribution in [0.3, 0.4) is 0 Å². The molecule has 0 unspecified atom stereocenters. The van der Waals surface area contributed by atoms with Crippen LogP contribution in [0.1, 0.15) is 32.6 Å². The predicted octanol–water partition coefficient (Wildman–Crippen LogP) is 2.51. The van der Waals surface area contributed by atoms with Crippen molar-refractivity contribution < 1.29 is 5.11 Å². The first-order chi connectivity index (χ1) is 7.04. The summed E-state index contributed by atoms with van der Waals surface area (Å²) in [5.41, 5.74) is 0. The van der Waals surface area contributed by atoms with E-state index in [1.165, 1.54) is 0 Å². The molecule has 1 rings (SSSR count). The third-order valence-electron chi connectivity index (χ3n) is 2.13. The number of aliphatic hydroxyl groups is 1. The summed E-state index contributed by atoms with van der Waals surface area (Å²) in [6.07, 6.45) is 1.76. The third kappa shape index (κ3) is 3.47. The monoisotopic (exact) mass is 228 g/mol. The number of thiazole rings is 1. The van der Waals surface area contributed by atoms with Crippen molar-refractivity contribution in [2.24, 2.45) is 5.92 Å². The average molecular weight is 228 g/mol. The molecular weight excluding hydrogens is 208 g/mol. The second-order valence-electron chi connectivity index (χ2n) is 4.41. The van der Waals surface area contributed by atoms with E-state index in [4.69, 9.17) is 5.11 Å². The Morgan fingerprint density at radius 3 is 2.47 bits per heavy atom. The molecule has 1 aromatic heterocycles. The van der Waals surface area contributed by atoms with Crippen LogP contribution in [-0.4, -0.2) is 22.7 Å². The Labute approximate surface area is 95.8 Å². The topological polar surface area (TPSA) is 36.4 Å². The zero-order valence-electron chi connectivity index (χ0n) is 9.90. The lowest BCUT2D eigenvalue weighted by Gasteiger charge is -2.27. The highest BCUT2D eigenvalue weighted by Gasteiger charge is 2.15. The van der Waals surface area contributed by atoms with Crippen LogP contribution in [0.5, 0.6) is 0 Å². The van der Waals surface area contributed by atoms with Crippen molar-refractivity contribution in [3.8, 4) is 0 Å². The van der Waals surface area contributed by atoms with E-state index >= 15 is 0 Å². The van der Waals surface area contributed by atoms with E-state index in [0.717, 1.165) is 16.6 Å². The van der Waals surface area contributed by atoms with Gasteiger partial charge in [0.1, 0.15) is 0 Å². The van der Waals surface area contributed by atoms with Crippen LogP contribution in [0.15, 0.2) is 6.20 Å². The van der Waals surface area contributed by atoms with Crippen molar-refractivity contribution >= 4 is 16.5 Å². The van der Waals surface area contributed by atoms with Crippen LogP contribution in [0.25, 0.3) is 0 Å². The molecule has 15 heavy (non-hydrogen) atoms. The van der Waals surface area contributed by atoms with Crippen molar-refractivity contribution in [3.05, 3.63) is 11.1 Å². The van der Waals surface area contributed by atoms with E-state index in [1.54, 1.807) is 17.5 Å². The molecule has 0 amide bonds. The van der Waals surface area contributed by atoms with Crippen LogP contribution in [0.2, 0.25) is 0 Å². The first-order valence-corrected chi connectivity index (χ1v) is 6.18. The minimum Gasteiger partial charge on any atom is -0.391 e. The number of nitrogens with zero attached hydrogens (tertiary/aromatic N) is 2. The minimum absolute atomic E-state index is 0.0886. The standard InChI is InChI=1S/C11H20N2OS/c1-8(2)6-13(9(3)4)11-12-5-10(7-14)15-11/h5,8-9,14H,6-7H2,1-4H3. The molecular formula is C11H20N2OS. The van der Waals surface area contributed by atoms with Crippen molar-refractivity contribution in [2.45, 2.75) is 40.3 Å². The number of anilines is 1. The molecule has 0 atom stereocenters. The summed E-state index contributed by atoms with van der Waals surface area (Å²) in [6, 6.07) is 0.449. The summed E-state index contributed by atoms with van der Waals surface area (Å²) in [4.78, 5) is 7.56. The number of rotatable bonds is 5. The van der Waals surface area contributed by atoms with E-state index in [0.29, 0.717) is 12.0 Å². The van der Waals surface area contributed by atoms with Crippen molar-refractivity contribution in [1.82, 2.24) is 4.98 Å². The molecule has 1 N–H and O–H groups in total. The summed E-state index contributed by atoms with van der Waals surface area (Å²) in [5.74, 6) is 0.619. The largest absolute Gasteiger partial charge is 0.391 e. The van der Waals surface area contributed by atoms with Gasteiger partial charge in [-0.1, -0.05) is 25.2 Å². The van der Waals surface area contributed by atoms with Crippen LogP contribution >= 0.6 is 11.3 Å². The van der Waals surface area contributed by atoms with Gasteiger partial charge in [-0.3, -0.25) is 0 Å². The summed E-state index contributed by atoms with van der Waals surface area (Å²) in [6.45, 7) is 9.85. The molecule has 1 aromatic rings. The van der Waals surface area contributed by atoms with Crippen LogP contribution in [0.4, 0.5) is 5.13 Å². The lowest BCUT2D eigenvalue weighted by atomic mass is 10.2. The summed E-state index contributed by atoms with van der Waals surface area (Å²) in [7, 11) is 0. The molecule has 0 saturated carbocycles. The van der Waals surface area contributed by atoms with Gasteiger partial charge >= 0.3 is 0 Å². The molecule has 86 valence electrons. The maximum absolute atomic E-state index is 9.01. The number of hydrogen-bond donors (Lipinski definition) is 1. The minimum atomic E-state index is 0.0886. The predicted molar refractivity (Wildman–Crippen MR) is 65.4 cm³/mol. The van der Waals surface area contributed by atoms with Gasteiger partial charge in [-0.25, -0.2) is 4.98 Å². The second kappa shape index (κ2) is 5.47. The van der Waals surface area contributed by atoms with Gasteiger partial charge in [0.2, 0.25) is 0 Å². The highest BCUT2D eigenvalue weighted by molar-refractivity contribution is 7.15. The van der Waals surface area contributed by atoms with Gasteiger partial charge in [0.15, 0.2) is 5.13 Å². The Morgan fingerprint density at radius 2 is 2.07 bits per heavy atom. The third-order valence-corrected chi connectivity index (χ3v) is 3.15. The Hall–Kier alpha value is -0.610. The first kappa shape index (κ1) is 12.5. The first-order valence-electron chi connectivity index (χ1n) is 5.36. The van der Waals surface area contributed by atoms with Gasteiger partial charge < -0.3 is 10.0 Å². The molecule has 3 nitrogen and oxygen atoms in total. The Bertz CT molecular complexity index is 297. The fourth-order valence-electron chi connectivity index (χ4n) is 1.41. The Morgan fingerprint density at radius 1 is 1.40 bits per heavy atom. The van der Waals surface area contributed by atoms with Gasteiger partial charge in [0.25, 0.3) is 0 Å².